The van der Waals surface area contributed by atoms with E-state index in [2.05, 4.69) is 0 Å². The number of benzene rings is 2. The topological polar surface area (TPSA) is 96.3 Å². The van der Waals surface area contributed by atoms with Crippen molar-refractivity contribution in [2.45, 2.75) is 25.0 Å². The Morgan fingerprint density at radius 2 is 1.97 bits per heavy atom. The Labute approximate surface area is 178 Å². The summed E-state index contributed by atoms with van der Waals surface area (Å²) in [6, 6.07) is 8.58. The van der Waals surface area contributed by atoms with E-state index in [0.29, 0.717) is 12.2 Å². The molecule has 7 nitrogen and oxygen atoms in total. The summed E-state index contributed by atoms with van der Waals surface area (Å²) in [6.45, 7) is 0.764. The van der Waals surface area contributed by atoms with Gasteiger partial charge in [0.15, 0.2) is 11.5 Å². The van der Waals surface area contributed by atoms with E-state index in [1.807, 2.05) is 0 Å². The van der Waals surface area contributed by atoms with Crippen LogP contribution >= 0.6 is 0 Å². The SMILES string of the molecule is COc1cc(C2/C(=C(\O)c3ccc(F)cc3)C(=O)C(=O)N2CC2CCCO2)ccc1O. The van der Waals surface area contributed by atoms with Crippen LogP contribution in [0.5, 0.6) is 11.5 Å². The number of halogens is 1. The minimum atomic E-state index is -0.913. The Morgan fingerprint density at radius 3 is 2.61 bits per heavy atom. The molecule has 2 aromatic rings. The zero-order valence-corrected chi connectivity index (χ0v) is 16.9. The Kier molecular flexibility index (Phi) is 5.65. The molecule has 2 N–H and O–H groups in total. The molecule has 2 saturated heterocycles. The Bertz CT molecular complexity index is 1040. The van der Waals surface area contributed by atoms with Crippen LogP contribution in [0.25, 0.3) is 5.76 Å². The second kappa shape index (κ2) is 8.39. The van der Waals surface area contributed by atoms with Crippen molar-refractivity contribution < 1.29 is 33.7 Å². The molecule has 0 aromatic heterocycles. The lowest BCUT2D eigenvalue weighted by Crippen LogP contribution is -2.36. The molecule has 0 spiro atoms. The van der Waals surface area contributed by atoms with Crippen LogP contribution in [0.2, 0.25) is 0 Å². The number of hydrogen-bond acceptors (Lipinski definition) is 6. The summed E-state index contributed by atoms with van der Waals surface area (Å²) < 4.78 is 24.2. The summed E-state index contributed by atoms with van der Waals surface area (Å²) in [5.74, 6) is -2.41. The van der Waals surface area contributed by atoms with Crippen molar-refractivity contribution in [2.24, 2.45) is 0 Å². The van der Waals surface area contributed by atoms with E-state index in [0.717, 1.165) is 25.0 Å². The fourth-order valence-corrected chi connectivity index (χ4v) is 4.05. The molecule has 0 aliphatic carbocycles. The number of hydrogen-bond donors (Lipinski definition) is 2. The lowest BCUT2D eigenvalue weighted by atomic mass is 9.95. The average Bonchev–Trinajstić information content (AvgIpc) is 3.37. The van der Waals surface area contributed by atoms with Gasteiger partial charge in [-0.25, -0.2) is 4.39 Å². The number of rotatable bonds is 5. The standard InChI is InChI=1S/C23H22FNO6/c1-30-18-11-14(6-9-17(18)26)20-19(21(27)13-4-7-15(24)8-5-13)22(28)23(29)25(20)12-16-3-2-10-31-16/h4-9,11,16,20,26-27H,2-3,10,12H2,1H3/b21-19+. The van der Waals surface area contributed by atoms with Gasteiger partial charge in [-0.15, -0.1) is 0 Å². The predicted molar refractivity (Wildman–Crippen MR) is 109 cm³/mol. The van der Waals surface area contributed by atoms with Crippen LogP contribution in [-0.2, 0) is 14.3 Å². The molecule has 2 aliphatic rings. The summed E-state index contributed by atoms with van der Waals surface area (Å²) in [6.07, 6.45) is 1.40. The third-order valence-corrected chi connectivity index (χ3v) is 5.60. The largest absolute Gasteiger partial charge is 0.507 e. The molecule has 2 fully saturated rings. The third kappa shape index (κ3) is 3.86. The van der Waals surface area contributed by atoms with Crippen molar-refractivity contribution in [3.63, 3.8) is 0 Å². The highest BCUT2D eigenvalue weighted by Gasteiger charge is 2.47. The van der Waals surface area contributed by atoms with Crippen molar-refractivity contribution in [3.8, 4) is 11.5 Å². The second-order valence-corrected chi connectivity index (χ2v) is 7.52. The highest BCUT2D eigenvalue weighted by molar-refractivity contribution is 6.46. The number of aliphatic hydroxyl groups excluding tert-OH is 1. The smallest absolute Gasteiger partial charge is 0.295 e. The van der Waals surface area contributed by atoms with Crippen molar-refractivity contribution in [2.75, 3.05) is 20.3 Å². The summed E-state index contributed by atoms with van der Waals surface area (Å²) >= 11 is 0. The van der Waals surface area contributed by atoms with E-state index in [-0.39, 0.29) is 35.3 Å². The van der Waals surface area contributed by atoms with Gasteiger partial charge in [-0.1, -0.05) is 6.07 Å². The first-order valence-corrected chi connectivity index (χ1v) is 9.93. The number of aromatic hydroxyl groups is 1. The molecule has 0 saturated carbocycles. The van der Waals surface area contributed by atoms with Crippen LogP contribution in [0, 0.1) is 5.82 Å². The highest BCUT2D eigenvalue weighted by Crippen LogP contribution is 2.42. The van der Waals surface area contributed by atoms with E-state index in [1.165, 1.54) is 36.3 Å². The number of carbonyl (C=O) groups excluding carboxylic acids is 2. The molecule has 31 heavy (non-hydrogen) atoms. The van der Waals surface area contributed by atoms with Gasteiger partial charge >= 0.3 is 0 Å². The molecule has 2 aromatic carbocycles. The number of carbonyl (C=O) groups is 2. The quantitative estimate of drug-likeness (QED) is 0.432. The maximum absolute atomic E-state index is 13.3. The lowest BCUT2D eigenvalue weighted by Gasteiger charge is -2.27. The number of amides is 1. The first kappa shape index (κ1) is 20.9. The maximum atomic E-state index is 13.3. The van der Waals surface area contributed by atoms with E-state index in [1.54, 1.807) is 6.07 Å². The summed E-state index contributed by atoms with van der Waals surface area (Å²) in [5, 5.41) is 20.9. The number of ketones is 1. The van der Waals surface area contributed by atoms with Crippen LogP contribution in [-0.4, -0.2) is 53.2 Å². The number of likely N-dealkylation sites (tertiary alicyclic amines) is 1. The number of phenolic OH excluding ortho intramolecular Hbond substituents is 1. The van der Waals surface area contributed by atoms with Gasteiger partial charge in [0.05, 0.1) is 24.8 Å². The molecule has 1 amide bonds. The average molecular weight is 427 g/mol. The van der Waals surface area contributed by atoms with Gasteiger partial charge < -0.3 is 24.6 Å². The summed E-state index contributed by atoms with van der Waals surface area (Å²) in [7, 11) is 1.39. The van der Waals surface area contributed by atoms with Gasteiger partial charge in [0.25, 0.3) is 11.7 Å². The fraction of sp³-hybridized carbons (Fsp3) is 0.304. The first-order chi connectivity index (χ1) is 14.9. The van der Waals surface area contributed by atoms with Gasteiger partial charge in [-0.05, 0) is 54.8 Å². The highest BCUT2D eigenvalue weighted by atomic mass is 19.1. The first-order valence-electron chi connectivity index (χ1n) is 9.93. The molecule has 4 rings (SSSR count). The van der Waals surface area contributed by atoms with E-state index >= 15 is 0 Å². The predicted octanol–water partition coefficient (Wildman–Crippen LogP) is 3.14. The molecule has 2 aliphatic heterocycles. The second-order valence-electron chi connectivity index (χ2n) is 7.52. The van der Waals surface area contributed by atoms with Crippen LogP contribution in [0.3, 0.4) is 0 Å². The number of ether oxygens (including phenoxy) is 2. The molecule has 2 heterocycles. The molecule has 0 bridgehead atoms. The molecule has 8 heteroatoms. The van der Waals surface area contributed by atoms with Crippen molar-refractivity contribution in [3.05, 3.63) is 65.0 Å². The number of aliphatic hydroxyl groups is 1. The fourth-order valence-electron chi connectivity index (χ4n) is 4.05. The minimum Gasteiger partial charge on any atom is -0.507 e. The number of methoxy groups -OCH3 is 1. The maximum Gasteiger partial charge on any atom is 0.295 e. The summed E-state index contributed by atoms with van der Waals surface area (Å²) in [5.41, 5.74) is 0.588. The van der Waals surface area contributed by atoms with E-state index in [9.17, 15) is 24.2 Å². The van der Waals surface area contributed by atoms with Gasteiger partial charge in [-0.3, -0.25) is 9.59 Å². The molecular weight excluding hydrogens is 405 g/mol. The van der Waals surface area contributed by atoms with Gasteiger partial charge in [0.1, 0.15) is 11.6 Å². The number of nitrogens with zero attached hydrogens (tertiary/aromatic N) is 1. The van der Waals surface area contributed by atoms with Crippen LogP contribution in [0.1, 0.15) is 30.0 Å². The molecule has 2 atom stereocenters. The van der Waals surface area contributed by atoms with Crippen molar-refractivity contribution >= 4 is 17.4 Å². The normalized spacial score (nSPS) is 22.8. The zero-order valence-electron chi connectivity index (χ0n) is 16.9. The van der Waals surface area contributed by atoms with Gasteiger partial charge in [0, 0.05) is 18.7 Å². The molecular formula is C23H22FNO6. The molecule has 162 valence electrons. The number of phenols is 1. The Morgan fingerprint density at radius 1 is 1.23 bits per heavy atom. The minimum absolute atomic E-state index is 0.0964. The van der Waals surface area contributed by atoms with Gasteiger partial charge in [-0.2, -0.15) is 0 Å². The van der Waals surface area contributed by atoms with E-state index in [4.69, 9.17) is 9.47 Å². The van der Waals surface area contributed by atoms with Crippen LogP contribution in [0.15, 0.2) is 48.0 Å². The van der Waals surface area contributed by atoms with Crippen LogP contribution in [0.4, 0.5) is 4.39 Å². The molecule has 0 radical (unpaired) electrons. The zero-order chi connectivity index (χ0) is 22.1. The molecule has 2 unspecified atom stereocenters. The van der Waals surface area contributed by atoms with Crippen molar-refractivity contribution in [1.29, 1.82) is 0 Å². The Balaban J connectivity index is 1.85. The monoisotopic (exact) mass is 427 g/mol. The van der Waals surface area contributed by atoms with Gasteiger partial charge in [0.2, 0.25) is 0 Å². The lowest BCUT2D eigenvalue weighted by molar-refractivity contribution is -0.140. The van der Waals surface area contributed by atoms with Crippen molar-refractivity contribution in [1.82, 2.24) is 4.90 Å². The van der Waals surface area contributed by atoms with Crippen LogP contribution < -0.4 is 4.74 Å². The number of Topliss-reactive ketones (excluding diaryl/α,β-unsaturated/α-hetero) is 1. The Hall–Kier alpha value is -3.39. The third-order valence-electron chi connectivity index (χ3n) is 5.60. The van der Waals surface area contributed by atoms with E-state index < -0.39 is 29.3 Å². The summed E-state index contributed by atoms with van der Waals surface area (Å²) in [4.78, 5) is 27.3.